The molecule has 5 heteroatoms. The number of benzene rings is 2. The molecular weight excluding hydrogens is 288 g/mol. The first-order chi connectivity index (χ1) is 10.1. The van der Waals surface area contributed by atoms with Crippen LogP contribution in [0.1, 0.15) is 17.3 Å². The van der Waals surface area contributed by atoms with Gasteiger partial charge in [-0.15, -0.1) is 11.3 Å². The number of hydrogen-bond donors (Lipinski definition) is 1. The van der Waals surface area contributed by atoms with E-state index in [1.807, 2.05) is 19.1 Å². The van der Waals surface area contributed by atoms with Gasteiger partial charge in [0.15, 0.2) is 5.43 Å². The summed E-state index contributed by atoms with van der Waals surface area (Å²) in [6, 6.07) is 9.96. The van der Waals surface area contributed by atoms with E-state index < -0.39 is 5.97 Å². The number of carboxylic acid groups (broad SMARTS) is 1. The Morgan fingerprint density at radius 2 is 1.95 bits per heavy atom. The zero-order chi connectivity index (χ0) is 15.0. The summed E-state index contributed by atoms with van der Waals surface area (Å²) in [6.45, 7) is 2.43. The van der Waals surface area contributed by atoms with Crippen molar-refractivity contribution >= 4 is 37.5 Å². The molecule has 3 aromatic rings. The molecule has 3 rings (SSSR count). The Bertz CT molecular complexity index is 911. The molecule has 1 aromatic heterocycles. The summed E-state index contributed by atoms with van der Waals surface area (Å²) in [4.78, 5) is 23.5. The zero-order valence-corrected chi connectivity index (χ0v) is 12.1. The lowest BCUT2D eigenvalue weighted by Gasteiger charge is -2.05. The SMILES string of the molecule is CCOc1ccc2sc3cc(C(=O)O)ccc3c(=O)c2c1. The van der Waals surface area contributed by atoms with Crippen molar-refractivity contribution < 1.29 is 14.6 Å². The molecule has 0 saturated carbocycles. The molecule has 0 radical (unpaired) electrons. The predicted molar refractivity (Wildman–Crippen MR) is 83.7 cm³/mol. The van der Waals surface area contributed by atoms with E-state index >= 15 is 0 Å². The largest absolute Gasteiger partial charge is 0.494 e. The molecule has 0 fully saturated rings. The highest BCUT2D eigenvalue weighted by Gasteiger charge is 2.10. The van der Waals surface area contributed by atoms with Crippen molar-refractivity contribution in [1.29, 1.82) is 0 Å². The molecular formula is C16H12O4S. The molecule has 4 nitrogen and oxygen atoms in total. The van der Waals surface area contributed by atoms with E-state index in [9.17, 15) is 9.59 Å². The lowest BCUT2D eigenvalue weighted by molar-refractivity contribution is 0.0697. The Kier molecular flexibility index (Phi) is 3.35. The lowest BCUT2D eigenvalue weighted by atomic mass is 10.1. The highest BCUT2D eigenvalue weighted by atomic mass is 32.1. The Labute approximate surface area is 124 Å². The van der Waals surface area contributed by atoms with Crippen molar-refractivity contribution in [2.45, 2.75) is 6.92 Å². The fraction of sp³-hybridized carbons (Fsp3) is 0.125. The highest BCUT2D eigenvalue weighted by Crippen LogP contribution is 2.28. The Morgan fingerprint density at radius 1 is 1.14 bits per heavy atom. The fourth-order valence-electron chi connectivity index (χ4n) is 2.22. The number of ether oxygens (including phenoxy) is 1. The molecule has 0 aliphatic rings. The predicted octanol–water partition coefficient (Wildman–Crippen LogP) is 3.51. The molecule has 0 unspecified atom stereocenters. The van der Waals surface area contributed by atoms with Crippen LogP contribution in [0.25, 0.3) is 20.2 Å². The number of hydrogen-bond acceptors (Lipinski definition) is 4. The van der Waals surface area contributed by atoms with Gasteiger partial charge >= 0.3 is 5.97 Å². The second-order valence-corrected chi connectivity index (χ2v) is 5.62. The molecule has 1 N–H and O–H groups in total. The van der Waals surface area contributed by atoms with Gasteiger partial charge in [0.1, 0.15) is 5.75 Å². The van der Waals surface area contributed by atoms with E-state index in [4.69, 9.17) is 9.84 Å². The monoisotopic (exact) mass is 300 g/mol. The van der Waals surface area contributed by atoms with E-state index in [1.54, 1.807) is 18.2 Å². The van der Waals surface area contributed by atoms with E-state index in [-0.39, 0.29) is 11.0 Å². The molecule has 0 atom stereocenters. The number of rotatable bonds is 3. The van der Waals surface area contributed by atoms with Crippen molar-refractivity contribution in [3.05, 3.63) is 52.2 Å². The molecule has 0 amide bonds. The molecule has 21 heavy (non-hydrogen) atoms. The minimum atomic E-state index is -0.997. The quantitative estimate of drug-likeness (QED) is 0.752. The molecule has 2 aromatic carbocycles. The Balaban J connectivity index is 2.32. The van der Waals surface area contributed by atoms with Crippen LogP contribution in [0.2, 0.25) is 0 Å². The highest BCUT2D eigenvalue weighted by molar-refractivity contribution is 7.24. The topological polar surface area (TPSA) is 63.6 Å². The first-order valence-corrected chi connectivity index (χ1v) is 7.28. The molecule has 106 valence electrons. The molecule has 0 aliphatic carbocycles. The summed E-state index contributed by atoms with van der Waals surface area (Å²) in [7, 11) is 0. The maximum atomic E-state index is 12.5. The maximum Gasteiger partial charge on any atom is 0.335 e. The van der Waals surface area contributed by atoms with Crippen LogP contribution < -0.4 is 10.2 Å². The maximum absolute atomic E-state index is 12.5. The number of carboxylic acids is 1. The standard InChI is InChI=1S/C16H12O4S/c1-2-20-10-4-6-13-12(8-10)15(17)11-5-3-9(16(18)19)7-14(11)21-13/h3-8H,2H2,1H3,(H,18,19). The molecule has 0 aliphatic heterocycles. The van der Waals surface area contributed by atoms with Crippen molar-refractivity contribution in [1.82, 2.24) is 0 Å². The van der Waals surface area contributed by atoms with Gasteiger partial charge in [0.2, 0.25) is 0 Å². The van der Waals surface area contributed by atoms with Gasteiger partial charge < -0.3 is 9.84 Å². The lowest BCUT2D eigenvalue weighted by Crippen LogP contribution is -2.03. The first-order valence-electron chi connectivity index (χ1n) is 6.47. The third-order valence-electron chi connectivity index (χ3n) is 3.20. The van der Waals surface area contributed by atoms with Crippen LogP contribution in [0, 0.1) is 0 Å². The van der Waals surface area contributed by atoms with Gasteiger partial charge in [-0.3, -0.25) is 4.79 Å². The van der Waals surface area contributed by atoms with Crippen LogP contribution in [0.3, 0.4) is 0 Å². The summed E-state index contributed by atoms with van der Waals surface area (Å²) in [5.41, 5.74) is 0.0840. The minimum absolute atomic E-state index is 0.0998. The first kappa shape index (κ1) is 13.6. The van der Waals surface area contributed by atoms with Crippen molar-refractivity contribution in [2.24, 2.45) is 0 Å². The van der Waals surface area contributed by atoms with Crippen molar-refractivity contribution in [3.8, 4) is 5.75 Å². The van der Waals surface area contributed by atoms with E-state index in [2.05, 4.69) is 0 Å². The second kappa shape index (κ2) is 5.18. The fourth-order valence-corrected chi connectivity index (χ4v) is 3.31. The molecule has 0 bridgehead atoms. The summed E-state index contributed by atoms with van der Waals surface area (Å²) < 4.78 is 6.92. The summed E-state index contributed by atoms with van der Waals surface area (Å²) >= 11 is 1.40. The smallest absolute Gasteiger partial charge is 0.335 e. The van der Waals surface area contributed by atoms with E-state index in [0.29, 0.717) is 27.8 Å². The van der Waals surface area contributed by atoms with Gasteiger partial charge in [0.05, 0.1) is 12.2 Å². The third kappa shape index (κ3) is 2.36. The molecule has 0 spiro atoms. The molecule has 0 saturated heterocycles. The van der Waals surface area contributed by atoms with Crippen LogP contribution in [-0.2, 0) is 0 Å². The normalized spacial score (nSPS) is 10.9. The van der Waals surface area contributed by atoms with Crippen molar-refractivity contribution in [3.63, 3.8) is 0 Å². The average Bonchev–Trinajstić information content (AvgIpc) is 2.48. The number of aromatic carboxylic acids is 1. The van der Waals surface area contributed by atoms with Crippen LogP contribution in [0.15, 0.2) is 41.2 Å². The summed E-state index contributed by atoms with van der Waals surface area (Å²) in [5, 5.41) is 10.2. The van der Waals surface area contributed by atoms with Crippen LogP contribution in [0.4, 0.5) is 0 Å². The zero-order valence-electron chi connectivity index (χ0n) is 11.3. The van der Waals surface area contributed by atoms with E-state index in [1.165, 1.54) is 17.4 Å². The minimum Gasteiger partial charge on any atom is -0.494 e. The average molecular weight is 300 g/mol. The van der Waals surface area contributed by atoms with Crippen LogP contribution >= 0.6 is 11.3 Å². The van der Waals surface area contributed by atoms with E-state index in [0.717, 1.165) is 4.70 Å². The number of carbonyl (C=O) groups is 1. The van der Waals surface area contributed by atoms with Crippen LogP contribution in [0.5, 0.6) is 5.75 Å². The van der Waals surface area contributed by atoms with Crippen molar-refractivity contribution in [2.75, 3.05) is 6.61 Å². The van der Waals surface area contributed by atoms with Crippen LogP contribution in [-0.4, -0.2) is 17.7 Å². The van der Waals surface area contributed by atoms with Gasteiger partial charge in [-0.05, 0) is 43.3 Å². The van der Waals surface area contributed by atoms with Gasteiger partial charge in [-0.25, -0.2) is 4.79 Å². The van der Waals surface area contributed by atoms with Gasteiger partial charge in [0.25, 0.3) is 0 Å². The van der Waals surface area contributed by atoms with Gasteiger partial charge in [-0.2, -0.15) is 0 Å². The number of fused-ring (bicyclic) bond motifs is 2. The second-order valence-electron chi connectivity index (χ2n) is 4.54. The third-order valence-corrected chi connectivity index (χ3v) is 4.33. The summed E-state index contributed by atoms with van der Waals surface area (Å²) in [5.74, 6) is -0.334. The Morgan fingerprint density at radius 3 is 2.67 bits per heavy atom. The Hall–Kier alpha value is -2.40. The molecule has 1 heterocycles. The van der Waals surface area contributed by atoms with Gasteiger partial charge in [-0.1, -0.05) is 0 Å². The van der Waals surface area contributed by atoms with Gasteiger partial charge in [0, 0.05) is 20.2 Å². The summed E-state index contributed by atoms with van der Waals surface area (Å²) in [6.07, 6.45) is 0.